The van der Waals surface area contributed by atoms with Crippen molar-refractivity contribution < 1.29 is 65.3 Å². The Hall–Kier alpha value is -16.6. The second kappa shape index (κ2) is 39.5. The van der Waals surface area contributed by atoms with E-state index in [0.717, 1.165) is 34.6 Å². The largest absolute Gasteiger partial charge is 0.486 e. The molecule has 2 atom stereocenters. The average Bonchev–Trinajstić information content (AvgIpc) is 1.74. The summed E-state index contributed by atoms with van der Waals surface area (Å²) in [5.74, 6) is 4.90. The van der Waals surface area contributed by atoms with Crippen molar-refractivity contribution in [2.75, 3.05) is 41.2 Å². The molecule has 0 saturated carbocycles. The molecule has 5 amide bonds. The Morgan fingerprint density at radius 3 is 1.91 bits per heavy atom. The number of aromatic amines is 5. The Morgan fingerprint density at radius 1 is 0.568 bits per heavy atom. The second-order valence-electron chi connectivity index (χ2n) is 27.5. The van der Waals surface area contributed by atoms with Crippen LogP contribution in [0.25, 0.3) is 68.2 Å². The fraction of sp³-hybridized carbons (Fsp3) is 0.140. The van der Waals surface area contributed by atoms with Crippen LogP contribution < -0.4 is 40.2 Å². The number of hydrogen-bond donors (Lipinski definition) is 9. The first kappa shape index (κ1) is 83.4. The number of carbonyl (C=O) groups excluding carboxylic acids is 6. The number of fused-ring (bicyclic) bond motifs is 2. The number of Topliss-reactive ketones (excluding diaryl/α,β-unsaturated/α-hetero) is 1. The number of benzene rings is 4. The summed E-state index contributed by atoms with van der Waals surface area (Å²) in [7, 11) is 0. The predicted molar refractivity (Wildman–Crippen MR) is 447 cm³/mol. The first-order valence-electron chi connectivity index (χ1n) is 38.3. The normalized spacial score (nSPS) is 13.3. The van der Waals surface area contributed by atoms with Gasteiger partial charge in [0.2, 0.25) is 42.4 Å². The van der Waals surface area contributed by atoms with Crippen LogP contribution in [0.2, 0.25) is 0 Å². The molecule has 628 valence electrons. The lowest BCUT2D eigenvalue weighted by molar-refractivity contribution is -0.137. The van der Waals surface area contributed by atoms with E-state index in [1.165, 1.54) is 34.6 Å². The lowest BCUT2D eigenvalue weighted by atomic mass is 10.1. The van der Waals surface area contributed by atoms with Crippen molar-refractivity contribution in [3.8, 4) is 91.2 Å². The molecule has 0 aliphatic carbocycles. The Bertz CT molecular complexity index is 6340. The zero-order valence-electron chi connectivity index (χ0n) is 65.7. The molecule has 1 saturated heterocycles. The highest BCUT2D eigenvalue weighted by Gasteiger charge is 2.36. The van der Waals surface area contributed by atoms with Gasteiger partial charge in [-0.15, -0.1) is 21.5 Å². The fourth-order valence-corrected chi connectivity index (χ4v) is 13.2. The van der Waals surface area contributed by atoms with Crippen LogP contribution in [-0.2, 0) is 56.0 Å². The molecule has 4 aromatic carbocycles. The molecule has 0 radical (unpaired) electrons. The van der Waals surface area contributed by atoms with Crippen LogP contribution >= 0.6 is 11.3 Å². The van der Waals surface area contributed by atoms with Crippen LogP contribution in [0.5, 0.6) is 23.0 Å². The molecule has 15 heterocycles. The number of thiazole rings is 1. The number of nitrogens with zero attached hydrogens (tertiary/aromatic N) is 15. The van der Waals surface area contributed by atoms with Crippen LogP contribution in [0, 0.1) is 12.8 Å². The molecule has 16 aromatic rings. The number of furan rings is 1. The number of pyridine rings is 5. The molecule has 35 nitrogen and oxygen atoms in total. The molecule has 12 aromatic heterocycles. The zero-order chi connectivity index (χ0) is 86.4. The van der Waals surface area contributed by atoms with Crippen LogP contribution in [0.15, 0.2) is 254 Å². The van der Waals surface area contributed by atoms with Gasteiger partial charge < -0.3 is 43.5 Å². The smallest absolute Gasteiger partial charge is 0.416 e. The molecule has 9 N–H and O–H groups in total. The molecular weight excluding hydrogens is 1630 g/mol. The van der Waals surface area contributed by atoms with Crippen molar-refractivity contribution in [2.24, 2.45) is 5.92 Å². The van der Waals surface area contributed by atoms with Crippen LogP contribution in [0.4, 0.5) is 36.8 Å². The van der Waals surface area contributed by atoms with Gasteiger partial charge in [-0.05, 0) is 139 Å². The summed E-state index contributed by atoms with van der Waals surface area (Å²) in [6, 6.07) is 56.3. The summed E-state index contributed by atoms with van der Waals surface area (Å²) in [6.45, 7) is 2.36. The molecule has 0 spiro atoms. The van der Waals surface area contributed by atoms with Crippen molar-refractivity contribution in [1.29, 1.82) is 0 Å². The van der Waals surface area contributed by atoms with Crippen LogP contribution in [-0.4, -0.2) is 162 Å². The van der Waals surface area contributed by atoms with Crippen molar-refractivity contribution in [1.82, 2.24) is 100 Å². The van der Waals surface area contributed by atoms with Gasteiger partial charge in [0.25, 0.3) is 11.8 Å². The molecule has 39 heteroatoms. The Morgan fingerprint density at radius 2 is 1.23 bits per heavy atom. The average molecular weight is 1710 g/mol. The van der Waals surface area contributed by atoms with E-state index in [4.69, 9.17) is 23.4 Å². The second-order valence-corrected chi connectivity index (χ2v) is 28.3. The third kappa shape index (κ3) is 22.7. The van der Waals surface area contributed by atoms with Gasteiger partial charge in [0, 0.05) is 62.3 Å². The number of aromatic nitrogens is 19. The van der Waals surface area contributed by atoms with Crippen molar-refractivity contribution in [2.45, 2.75) is 51.4 Å². The van der Waals surface area contributed by atoms with E-state index in [-0.39, 0.29) is 98.9 Å². The number of alkyl halides is 3. The zero-order valence-corrected chi connectivity index (χ0v) is 66.5. The maximum absolute atomic E-state index is 12.9. The minimum Gasteiger partial charge on any atom is -0.486 e. The number of likely N-dealkylation sites (tertiary alicyclic amines) is 1. The van der Waals surface area contributed by atoms with E-state index in [2.05, 4.69) is 117 Å². The standard InChI is InChI=1S/C21H18F3N5O2.C17H15N5O2.C16H13N5O3.C16H11N5O2S.C16H14N4O2/c22-21(23,24)15-5-3-4-13(8-15)11-29-12-14(9-18(29)30)19(31)28-20-26-10-17(27-20)16-6-1-2-7-25-16;1-10-5-6-13-11(8-10)9-14(24-13)16(23)20-17-19-15(21-22-17)12-4-2-3-7-18-12;22-14(8-10-4-5-12-13(7-10)24-9-23-12)18-16-19-15(20-21-16)11-3-1-2-6-17-11;22-15(11-9-24-16(19-11)12-5-3-7-23-12)21-13-8-18-14(20-13)10-4-1-2-6-17-10;21-12(11-22-13-6-2-1-3-7-13)10-15-18-16(20-19-15)14-8-4-5-9-17-14/h1-8,10,14H,9,11-12H2,(H2,26,27,28,31);2-8,14H,9H2,1H3,(H2,19,20,21,22,23);1-7H,8-9H2,(H2,18,19,20,21,22);1-9H,(H,18,20)(H,21,22);1-9H,10-11H2,(H,18,19,20). The number of ketones is 1. The maximum atomic E-state index is 12.9. The number of nitrogens with one attached hydrogen (secondary N) is 9. The van der Waals surface area contributed by atoms with E-state index in [1.807, 2.05) is 122 Å². The summed E-state index contributed by atoms with van der Waals surface area (Å²) in [6.07, 6.45) is 8.80. The predicted octanol–water partition coefficient (Wildman–Crippen LogP) is 12.9. The minimum absolute atomic E-state index is 0.00360. The first-order valence-corrected chi connectivity index (χ1v) is 39.2. The lowest BCUT2D eigenvalue weighted by Gasteiger charge is -2.17. The number of rotatable bonds is 22. The maximum Gasteiger partial charge on any atom is 0.416 e. The van der Waals surface area contributed by atoms with E-state index in [9.17, 15) is 41.9 Å². The number of aryl methyl sites for hydroxylation is 1. The molecular formula is C86H71F3N24O11S. The Balaban J connectivity index is 0.000000121. The minimum atomic E-state index is -4.45. The number of ether oxygens (including phenoxy) is 4. The highest BCUT2D eigenvalue weighted by molar-refractivity contribution is 7.13. The summed E-state index contributed by atoms with van der Waals surface area (Å²) in [4.78, 5) is 127. The molecule has 1 fully saturated rings. The topological polar surface area (TPSA) is 463 Å². The Labute approximate surface area is 710 Å². The number of carbonyl (C=O) groups is 6. The number of amides is 5. The van der Waals surface area contributed by atoms with Crippen LogP contribution in [0.1, 0.15) is 50.6 Å². The molecule has 125 heavy (non-hydrogen) atoms. The molecule has 3 aliphatic rings. The summed E-state index contributed by atoms with van der Waals surface area (Å²) < 4.78 is 65.6. The van der Waals surface area contributed by atoms with E-state index in [1.54, 1.807) is 103 Å². The van der Waals surface area contributed by atoms with Gasteiger partial charge in [-0.25, -0.2) is 19.9 Å². The van der Waals surface area contributed by atoms with Crippen molar-refractivity contribution in [3.63, 3.8) is 0 Å². The fourth-order valence-electron chi connectivity index (χ4n) is 12.4. The number of hydrogen-bond acceptors (Lipinski definition) is 26. The van der Waals surface area contributed by atoms with Gasteiger partial charge in [-0.2, -0.15) is 28.2 Å². The van der Waals surface area contributed by atoms with Gasteiger partial charge in [0.05, 0.1) is 54.4 Å². The van der Waals surface area contributed by atoms with Crippen molar-refractivity contribution in [3.05, 3.63) is 288 Å². The van der Waals surface area contributed by atoms with Gasteiger partial charge in [0.15, 0.2) is 57.5 Å². The van der Waals surface area contributed by atoms with Gasteiger partial charge in [0.1, 0.15) is 58.2 Å². The SMILES string of the molecule is Cc1ccc2c(c1)CC(C(=O)Nc1n[nH]c(-c3ccccn3)n1)O2.O=C(COc1ccccc1)Cc1nc(-c2ccccn2)n[nH]1.O=C(Cc1ccc2c(c1)OCO2)Nc1n[nH]c(-c2ccccn2)n1.O=C(Nc1cnc(-c2ccccn2)[nH]1)c1csc(-c2ccco2)n1.O=C(Nc1ncc(-c2ccccn2)[nH]1)C1CC(=O)N(Cc2cccc(C(F)(F)F)c2)C1. The first-order chi connectivity index (χ1) is 60.9. The number of H-pyrrole nitrogens is 5. The highest BCUT2D eigenvalue weighted by atomic mass is 32.1. The summed E-state index contributed by atoms with van der Waals surface area (Å²) >= 11 is 1.35. The third-order valence-corrected chi connectivity index (χ3v) is 19.2. The molecule has 2 unspecified atom stereocenters. The molecule has 19 rings (SSSR count). The van der Waals surface area contributed by atoms with Gasteiger partial charge in [-0.3, -0.25) is 84.9 Å². The molecule has 0 bridgehead atoms. The van der Waals surface area contributed by atoms with E-state index >= 15 is 0 Å². The number of halogens is 3. The Kier molecular flexibility index (Phi) is 26.4. The number of anilines is 4. The lowest BCUT2D eigenvalue weighted by Crippen LogP contribution is -2.31. The summed E-state index contributed by atoms with van der Waals surface area (Å²) in [5.41, 5.74) is 6.88. The van der Waals surface area contributed by atoms with Crippen LogP contribution in [0.3, 0.4) is 0 Å². The monoisotopic (exact) mass is 1700 g/mol. The third-order valence-electron chi connectivity index (χ3n) is 18.4. The molecule has 3 aliphatic heterocycles. The highest BCUT2D eigenvalue weighted by Crippen LogP contribution is 2.35. The quantitative estimate of drug-likeness (QED) is 0.0304. The number of imidazole rings is 2. The van der Waals surface area contributed by atoms with E-state index in [0.29, 0.717) is 115 Å². The number of para-hydroxylation sites is 1. The van der Waals surface area contributed by atoms with Gasteiger partial charge in [-0.1, -0.05) is 84.4 Å². The van der Waals surface area contributed by atoms with E-state index < -0.39 is 23.8 Å². The summed E-state index contributed by atoms with van der Waals surface area (Å²) in [5, 5.41) is 33.4. The van der Waals surface area contributed by atoms with Crippen molar-refractivity contribution >= 4 is 70.3 Å². The van der Waals surface area contributed by atoms with Gasteiger partial charge >= 0.3 is 6.18 Å².